The molecule has 0 aromatic carbocycles. The molecule has 2 N–H and O–H groups in total. The van der Waals surface area contributed by atoms with Gasteiger partial charge in [0.05, 0.1) is 6.61 Å². The van der Waals surface area contributed by atoms with Crippen LogP contribution in [0.4, 0.5) is 0 Å². The summed E-state index contributed by atoms with van der Waals surface area (Å²) in [6.45, 7) is 0.859. The minimum atomic E-state index is 0.424. The second-order valence-electron chi connectivity index (χ2n) is 6.95. The van der Waals surface area contributed by atoms with Crippen LogP contribution in [0.1, 0.15) is 38.5 Å². The molecule has 0 aliphatic heterocycles. The SMILES string of the molecule is COCCSCC(N)C12CC3CC(CC(C3)C1)C2. The smallest absolute Gasteiger partial charge is 0.0552 e. The van der Waals surface area contributed by atoms with Crippen molar-refractivity contribution in [3.63, 3.8) is 0 Å². The molecule has 0 spiro atoms. The summed E-state index contributed by atoms with van der Waals surface area (Å²) in [6, 6.07) is 0.424. The van der Waals surface area contributed by atoms with Gasteiger partial charge >= 0.3 is 0 Å². The van der Waals surface area contributed by atoms with E-state index in [0.717, 1.165) is 35.9 Å². The van der Waals surface area contributed by atoms with Crippen LogP contribution in [-0.2, 0) is 4.74 Å². The predicted octanol–water partition coefficient (Wildman–Crippen LogP) is 2.91. The van der Waals surface area contributed by atoms with Crippen LogP contribution < -0.4 is 5.73 Å². The maximum atomic E-state index is 6.59. The van der Waals surface area contributed by atoms with Crippen molar-refractivity contribution in [1.82, 2.24) is 0 Å². The van der Waals surface area contributed by atoms with Gasteiger partial charge in [0.1, 0.15) is 0 Å². The van der Waals surface area contributed by atoms with E-state index in [9.17, 15) is 0 Å². The van der Waals surface area contributed by atoms with Gasteiger partial charge in [-0.05, 0) is 61.7 Å². The van der Waals surface area contributed by atoms with Gasteiger partial charge in [-0.3, -0.25) is 0 Å². The van der Waals surface area contributed by atoms with Crippen molar-refractivity contribution in [2.45, 2.75) is 44.6 Å². The molecule has 104 valence electrons. The molecule has 0 radical (unpaired) electrons. The number of methoxy groups -OCH3 is 1. The van der Waals surface area contributed by atoms with E-state index in [1.54, 1.807) is 7.11 Å². The lowest BCUT2D eigenvalue weighted by atomic mass is 9.48. The fourth-order valence-corrected chi connectivity index (χ4v) is 6.22. The second-order valence-corrected chi connectivity index (χ2v) is 8.10. The van der Waals surface area contributed by atoms with Crippen LogP contribution in [0.3, 0.4) is 0 Å². The Bertz CT molecular complexity index is 259. The third-order valence-electron chi connectivity index (χ3n) is 5.60. The molecule has 1 unspecified atom stereocenters. The van der Waals surface area contributed by atoms with Crippen LogP contribution >= 0.6 is 11.8 Å². The van der Waals surface area contributed by atoms with E-state index in [4.69, 9.17) is 10.5 Å². The van der Waals surface area contributed by atoms with Gasteiger partial charge in [-0.15, -0.1) is 0 Å². The van der Waals surface area contributed by atoms with Gasteiger partial charge in [-0.25, -0.2) is 0 Å². The topological polar surface area (TPSA) is 35.2 Å². The molecule has 0 saturated heterocycles. The van der Waals surface area contributed by atoms with Crippen molar-refractivity contribution >= 4 is 11.8 Å². The molecule has 0 amide bonds. The molecule has 0 aromatic heterocycles. The summed E-state index contributed by atoms with van der Waals surface area (Å²) in [5.41, 5.74) is 7.12. The van der Waals surface area contributed by atoms with Gasteiger partial charge in [0.15, 0.2) is 0 Å². The normalized spacial score (nSPS) is 43.3. The summed E-state index contributed by atoms with van der Waals surface area (Å²) in [5, 5.41) is 0. The number of hydrogen-bond donors (Lipinski definition) is 1. The summed E-state index contributed by atoms with van der Waals surface area (Å²) in [6.07, 6.45) is 8.86. The predicted molar refractivity (Wildman–Crippen MR) is 77.8 cm³/mol. The molecule has 3 heteroatoms. The molecule has 1 atom stereocenters. The number of hydrogen-bond acceptors (Lipinski definition) is 3. The Kier molecular flexibility index (Phi) is 3.93. The molecule has 4 rings (SSSR count). The summed E-state index contributed by atoms with van der Waals surface area (Å²) >= 11 is 1.98. The molecule has 4 aliphatic carbocycles. The Morgan fingerprint density at radius 1 is 1.17 bits per heavy atom. The van der Waals surface area contributed by atoms with Crippen LogP contribution in [-0.4, -0.2) is 31.3 Å². The Balaban J connectivity index is 1.57. The standard InChI is InChI=1S/C15H27NOS/c1-17-2-3-18-10-14(16)15-7-11-4-12(8-15)6-13(5-11)9-15/h11-14H,2-10,16H2,1H3. The molecular formula is C15H27NOS. The van der Waals surface area contributed by atoms with Crippen molar-refractivity contribution < 1.29 is 4.74 Å². The zero-order valence-electron chi connectivity index (χ0n) is 11.6. The number of nitrogens with two attached hydrogens (primary N) is 1. The van der Waals surface area contributed by atoms with Gasteiger partial charge in [-0.1, -0.05) is 0 Å². The summed E-state index contributed by atoms with van der Waals surface area (Å²) in [4.78, 5) is 0. The third-order valence-corrected chi connectivity index (χ3v) is 6.65. The first kappa shape index (κ1) is 13.3. The van der Waals surface area contributed by atoms with E-state index < -0.39 is 0 Å². The zero-order valence-corrected chi connectivity index (χ0v) is 12.4. The average molecular weight is 269 g/mol. The van der Waals surface area contributed by atoms with Gasteiger partial charge in [0.25, 0.3) is 0 Å². The Morgan fingerprint density at radius 2 is 1.72 bits per heavy atom. The highest BCUT2D eigenvalue weighted by molar-refractivity contribution is 7.99. The monoisotopic (exact) mass is 269 g/mol. The highest BCUT2D eigenvalue weighted by atomic mass is 32.2. The summed E-state index contributed by atoms with van der Waals surface area (Å²) in [5.74, 6) is 5.29. The first-order valence-corrected chi connectivity index (χ1v) is 8.69. The zero-order chi connectivity index (χ0) is 12.6. The molecule has 18 heavy (non-hydrogen) atoms. The van der Waals surface area contributed by atoms with Gasteiger partial charge in [0, 0.05) is 24.7 Å². The summed E-state index contributed by atoms with van der Waals surface area (Å²) in [7, 11) is 1.78. The highest BCUT2D eigenvalue weighted by Crippen LogP contribution is 2.61. The highest BCUT2D eigenvalue weighted by Gasteiger charge is 2.53. The molecule has 0 heterocycles. The van der Waals surface area contributed by atoms with Crippen molar-refractivity contribution in [2.75, 3.05) is 25.2 Å². The fraction of sp³-hybridized carbons (Fsp3) is 1.00. The Labute approximate surface area is 115 Å². The quantitative estimate of drug-likeness (QED) is 0.753. The van der Waals surface area contributed by atoms with Crippen LogP contribution in [0.5, 0.6) is 0 Å². The van der Waals surface area contributed by atoms with Crippen LogP contribution in [0.15, 0.2) is 0 Å². The Morgan fingerprint density at radius 3 is 2.22 bits per heavy atom. The molecule has 4 saturated carbocycles. The van der Waals surface area contributed by atoms with Crippen LogP contribution in [0.25, 0.3) is 0 Å². The third kappa shape index (κ3) is 2.46. The largest absolute Gasteiger partial charge is 0.384 e. The first-order chi connectivity index (χ1) is 8.72. The Hall–Kier alpha value is 0.270. The molecule has 0 aromatic rings. The lowest BCUT2D eigenvalue weighted by Gasteiger charge is -2.59. The molecule has 2 nitrogen and oxygen atoms in total. The van der Waals surface area contributed by atoms with E-state index in [2.05, 4.69) is 0 Å². The second kappa shape index (κ2) is 5.34. The molecular weight excluding hydrogens is 242 g/mol. The van der Waals surface area contributed by atoms with Gasteiger partial charge in [-0.2, -0.15) is 11.8 Å². The maximum Gasteiger partial charge on any atom is 0.0552 e. The minimum Gasteiger partial charge on any atom is -0.384 e. The van der Waals surface area contributed by atoms with Crippen LogP contribution in [0.2, 0.25) is 0 Å². The van der Waals surface area contributed by atoms with E-state index >= 15 is 0 Å². The maximum absolute atomic E-state index is 6.59. The molecule has 4 fully saturated rings. The van der Waals surface area contributed by atoms with E-state index in [-0.39, 0.29) is 0 Å². The van der Waals surface area contributed by atoms with E-state index in [0.29, 0.717) is 11.5 Å². The lowest BCUT2D eigenvalue weighted by Crippen LogP contribution is -2.55. The average Bonchev–Trinajstić information content (AvgIpc) is 2.32. The first-order valence-electron chi connectivity index (χ1n) is 7.54. The number of thioether (sulfide) groups is 1. The van der Waals surface area contributed by atoms with E-state index in [1.807, 2.05) is 11.8 Å². The molecule has 4 aliphatic rings. The molecule has 4 bridgehead atoms. The van der Waals surface area contributed by atoms with Crippen LogP contribution in [0, 0.1) is 23.2 Å². The van der Waals surface area contributed by atoms with Crippen molar-refractivity contribution in [3.8, 4) is 0 Å². The van der Waals surface area contributed by atoms with Crippen molar-refractivity contribution in [2.24, 2.45) is 28.9 Å². The number of rotatable bonds is 6. The van der Waals surface area contributed by atoms with Crippen molar-refractivity contribution in [1.29, 1.82) is 0 Å². The van der Waals surface area contributed by atoms with Gasteiger partial charge < -0.3 is 10.5 Å². The van der Waals surface area contributed by atoms with Gasteiger partial charge in [0.2, 0.25) is 0 Å². The number of ether oxygens (including phenoxy) is 1. The lowest BCUT2D eigenvalue weighted by molar-refractivity contribution is -0.0629. The van der Waals surface area contributed by atoms with E-state index in [1.165, 1.54) is 38.5 Å². The fourth-order valence-electron chi connectivity index (χ4n) is 5.16. The summed E-state index contributed by atoms with van der Waals surface area (Å²) < 4.78 is 5.11. The van der Waals surface area contributed by atoms with Crippen molar-refractivity contribution in [3.05, 3.63) is 0 Å². The minimum absolute atomic E-state index is 0.424.